The number of rotatable bonds is 4. The van der Waals surface area contributed by atoms with Gasteiger partial charge < -0.3 is 9.88 Å². The fourth-order valence-electron chi connectivity index (χ4n) is 2.69. The molecule has 0 spiro atoms. The maximum absolute atomic E-state index is 4.54. The molecule has 1 aromatic heterocycles. The minimum atomic E-state index is 0.622. The summed E-state index contributed by atoms with van der Waals surface area (Å²) in [6.07, 6.45) is 9.14. The Labute approximate surface area is 91.9 Å². The lowest BCUT2D eigenvalue weighted by Gasteiger charge is -2.19. The first-order valence-corrected chi connectivity index (χ1v) is 6.05. The van der Waals surface area contributed by atoms with E-state index in [1.807, 2.05) is 6.20 Å². The largest absolute Gasteiger partial charge is 0.335 e. The third kappa shape index (κ3) is 2.07. The quantitative estimate of drug-likeness (QED) is 0.820. The molecule has 3 nitrogen and oxygen atoms in total. The molecule has 2 rings (SSSR count). The van der Waals surface area contributed by atoms with Gasteiger partial charge in [-0.15, -0.1) is 0 Å². The molecule has 1 fully saturated rings. The van der Waals surface area contributed by atoms with Crippen molar-refractivity contribution < 1.29 is 0 Å². The van der Waals surface area contributed by atoms with Crippen molar-refractivity contribution in [3.05, 3.63) is 18.2 Å². The zero-order valence-electron chi connectivity index (χ0n) is 9.74. The van der Waals surface area contributed by atoms with Crippen LogP contribution in [0.5, 0.6) is 0 Å². The van der Waals surface area contributed by atoms with Gasteiger partial charge in [-0.1, -0.05) is 13.3 Å². The Balaban J connectivity index is 2.16. The van der Waals surface area contributed by atoms with Crippen LogP contribution in [0.3, 0.4) is 0 Å². The zero-order chi connectivity index (χ0) is 10.7. The monoisotopic (exact) mass is 207 g/mol. The molecule has 0 saturated heterocycles. The van der Waals surface area contributed by atoms with E-state index in [1.54, 1.807) is 0 Å². The summed E-state index contributed by atoms with van der Waals surface area (Å²) in [4.78, 5) is 4.54. The fraction of sp³-hybridized carbons (Fsp3) is 0.750. The van der Waals surface area contributed by atoms with E-state index >= 15 is 0 Å². The van der Waals surface area contributed by atoms with Gasteiger partial charge in [0.15, 0.2) is 0 Å². The Morgan fingerprint density at radius 2 is 2.40 bits per heavy atom. The fourth-order valence-corrected chi connectivity index (χ4v) is 2.69. The van der Waals surface area contributed by atoms with E-state index < -0.39 is 0 Å². The molecule has 1 saturated carbocycles. The van der Waals surface area contributed by atoms with Crippen molar-refractivity contribution in [2.24, 2.45) is 0 Å². The highest BCUT2D eigenvalue weighted by molar-refractivity contribution is 5.07. The molecular weight excluding hydrogens is 186 g/mol. The minimum absolute atomic E-state index is 0.622. The molecule has 0 bridgehead atoms. The average molecular weight is 207 g/mol. The topological polar surface area (TPSA) is 29.9 Å². The number of nitrogens with one attached hydrogen (secondary N) is 1. The predicted molar refractivity (Wildman–Crippen MR) is 62.0 cm³/mol. The number of imidazole rings is 1. The third-order valence-electron chi connectivity index (χ3n) is 3.43. The summed E-state index contributed by atoms with van der Waals surface area (Å²) in [5, 5.41) is 3.42. The van der Waals surface area contributed by atoms with Crippen LogP contribution in [0.4, 0.5) is 0 Å². The van der Waals surface area contributed by atoms with Crippen LogP contribution in [0.2, 0.25) is 0 Å². The van der Waals surface area contributed by atoms with Gasteiger partial charge in [-0.05, 0) is 26.3 Å². The lowest BCUT2D eigenvalue weighted by molar-refractivity contribution is 0.479. The van der Waals surface area contributed by atoms with Gasteiger partial charge in [-0.3, -0.25) is 0 Å². The SMILES string of the molecule is CCCn1ccnc1C1CCCC1NC. The van der Waals surface area contributed by atoms with Crippen LogP contribution in [0.15, 0.2) is 12.4 Å². The summed E-state index contributed by atoms with van der Waals surface area (Å²) in [6.45, 7) is 3.32. The van der Waals surface area contributed by atoms with E-state index in [9.17, 15) is 0 Å². The molecule has 1 aliphatic rings. The summed E-state index contributed by atoms with van der Waals surface area (Å²) in [7, 11) is 2.07. The lowest BCUT2D eigenvalue weighted by Crippen LogP contribution is -2.29. The van der Waals surface area contributed by atoms with Gasteiger partial charge in [0, 0.05) is 30.9 Å². The van der Waals surface area contributed by atoms with E-state index in [1.165, 1.54) is 31.5 Å². The Morgan fingerprint density at radius 3 is 3.13 bits per heavy atom. The normalized spacial score (nSPS) is 26.0. The lowest BCUT2D eigenvalue weighted by atomic mass is 10.0. The Hall–Kier alpha value is -0.830. The smallest absolute Gasteiger partial charge is 0.113 e. The maximum Gasteiger partial charge on any atom is 0.113 e. The molecule has 0 amide bonds. The van der Waals surface area contributed by atoms with Gasteiger partial charge in [-0.25, -0.2) is 4.98 Å². The molecule has 2 atom stereocenters. The third-order valence-corrected chi connectivity index (χ3v) is 3.43. The second kappa shape index (κ2) is 4.79. The Bertz CT molecular complexity index is 306. The van der Waals surface area contributed by atoms with Crippen molar-refractivity contribution in [3.63, 3.8) is 0 Å². The van der Waals surface area contributed by atoms with Crippen molar-refractivity contribution in [1.29, 1.82) is 0 Å². The second-order valence-corrected chi connectivity index (χ2v) is 4.41. The standard InChI is InChI=1S/C12H21N3/c1-3-8-15-9-7-14-12(15)10-5-4-6-11(10)13-2/h7,9-11,13H,3-6,8H2,1-2H3. The molecule has 0 aliphatic heterocycles. The van der Waals surface area contributed by atoms with Crippen LogP contribution in [0, 0.1) is 0 Å². The first-order valence-electron chi connectivity index (χ1n) is 6.05. The number of nitrogens with zero attached hydrogens (tertiary/aromatic N) is 2. The second-order valence-electron chi connectivity index (χ2n) is 4.41. The van der Waals surface area contributed by atoms with Crippen molar-refractivity contribution in [2.45, 2.75) is 51.1 Å². The highest BCUT2D eigenvalue weighted by Gasteiger charge is 2.30. The van der Waals surface area contributed by atoms with Crippen LogP contribution in [0.1, 0.15) is 44.3 Å². The van der Waals surface area contributed by atoms with Gasteiger partial charge in [0.1, 0.15) is 5.82 Å². The van der Waals surface area contributed by atoms with Gasteiger partial charge in [-0.2, -0.15) is 0 Å². The number of hydrogen-bond donors (Lipinski definition) is 1. The average Bonchev–Trinajstić information content (AvgIpc) is 2.84. The molecule has 1 aromatic rings. The zero-order valence-corrected chi connectivity index (χ0v) is 9.74. The Kier molecular flexibility index (Phi) is 3.41. The summed E-state index contributed by atoms with van der Waals surface area (Å²) >= 11 is 0. The molecule has 0 radical (unpaired) electrons. The molecule has 84 valence electrons. The van der Waals surface area contributed by atoms with Crippen LogP contribution in [0.25, 0.3) is 0 Å². The minimum Gasteiger partial charge on any atom is -0.335 e. The molecule has 2 unspecified atom stereocenters. The molecule has 15 heavy (non-hydrogen) atoms. The van der Waals surface area contributed by atoms with Crippen molar-refractivity contribution in [2.75, 3.05) is 7.05 Å². The van der Waals surface area contributed by atoms with Crippen LogP contribution in [-0.2, 0) is 6.54 Å². The van der Waals surface area contributed by atoms with Gasteiger partial charge in [0.25, 0.3) is 0 Å². The molecule has 1 aliphatic carbocycles. The molecular formula is C12H21N3. The number of aromatic nitrogens is 2. The van der Waals surface area contributed by atoms with Crippen LogP contribution in [-0.4, -0.2) is 22.6 Å². The van der Waals surface area contributed by atoms with Gasteiger partial charge >= 0.3 is 0 Å². The van der Waals surface area contributed by atoms with E-state index in [4.69, 9.17) is 0 Å². The maximum atomic E-state index is 4.54. The summed E-state index contributed by atoms with van der Waals surface area (Å²) in [5.74, 6) is 1.91. The van der Waals surface area contributed by atoms with Crippen molar-refractivity contribution in [1.82, 2.24) is 14.9 Å². The molecule has 3 heteroatoms. The highest BCUT2D eigenvalue weighted by atomic mass is 15.1. The first-order chi connectivity index (χ1) is 7.36. The van der Waals surface area contributed by atoms with E-state index in [2.05, 4.69) is 35.0 Å². The van der Waals surface area contributed by atoms with Crippen LogP contribution < -0.4 is 5.32 Å². The van der Waals surface area contributed by atoms with Crippen molar-refractivity contribution >= 4 is 0 Å². The van der Waals surface area contributed by atoms with E-state index in [0.29, 0.717) is 12.0 Å². The van der Waals surface area contributed by atoms with Crippen LogP contribution >= 0.6 is 0 Å². The molecule has 1 N–H and O–H groups in total. The van der Waals surface area contributed by atoms with E-state index in [0.717, 1.165) is 6.54 Å². The Morgan fingerprint density at radius 1 is 1.53 bits per heavy atom. The highest BCUT2D eigenvalue weighted by Crippen LogP contribution is 2.33. The summed E-state index contributed by atoms with van der Waals surface area (Å²) in [6, 6.07) is 0.628. The molecule has 1 heterocycles. The number of likely N-dealkylation sites (N-methyl/N-ethyl adjacent to an activating group) is 1. The number of hydrogen-bond acceptors (Lipinski definition) is 2. The number of aryl methyl sites for hydroxylation is 1. The molecule has 0 aromatic carbocycles. The summed E-state index contributed by atoms with van der Waals surface area (Å²) < 4.78 is 2.32. The summed E-state index contributed by atoms with van der Waals surface area (Å²) in [5.41, 5.74) is 0. The predicted octanol–water partition coefficient (Wildman–Crippen LogP) is 2.15. The van der Waals surface area contributed by atoms with Crippen molar-refractivity contribution in [3.8, 4) is 0 Å². The first kappa shape index (κ1) is 10.7. The van der Waals surface area contributed by atoms with Gasteiger partial charge in [0.2, 0.25) is 0 Å². The van der Waals surface area contributed by atoms with E-state index in [-0.39, 0.29) is 0 Å². The van der Waals surface area contributed by atoms with Gasteiger partial charge in [0.05, 0.1) is 0 Å².